The molecule has 3 heterocycles. The molecule has 0 bridgehead atoms. The molecule has 3 nitrogen and oxygen atoms in total. The summed E-state index contributed by atoms with van der Waals surface area (Å²) >= 11 is 7.57. The van der Waals surface area contributed by atoms with E-state index in [4.69, 9.17) is 16.0 Å². The van der Waals surface area contributed by atoms with E-state index in [1.165, 1.54) is 0 Å². The topological polar surface area (TPSA) is 37.5 Å². The van der Waals surface area contributed by atoms with Crippen molar-refractivity contribution in [1.82, 2.24) is 5.32 Å². The molecule has 0 amide bonds. The van der Waals surface area contributed by atoms with Gasteiger partial charge < -0.3 is 9.73 Å². The van der Waals surface area contributed by atoms with Gasteiger partial charge in [0.2, 0.25) is 0 Å². The van der Waals surface area contributed by atoms with Crippen molar-refractivity contribution in [3.63, 3.8) is 0 Å². The van der Waals surface area contributed by atoms with Gasteiger partial charge in [-0.3, -0.25) is 4.99 Å². The molecule has 1 aliphatic rings. The summed E-state index contributed by atoms with van der Waals surface area (Å²) in [5.74, 6) is 1.65. The van der Waals surface area contributed by atoms with Crippen LogP contribution in [0.15, 0.2) is 45.8 Å². The van der Waals surface area contributed by atoms with Crippen molar-refractivity contribution in [2.24, 2.45) is 4.99 Å². The van der Waals surface area contributed by atoms with Gasteiger partial charge in [-0.2, -0.15) is 0 Å². The first-order chi connectivity index (χ1) is 9.79. The third-order valence-electron chi connectivity index (χ3n) is 3.28. The van der Waals surface area contributed by atoms with Crippen molar-refractivity contribution in [1.29, 1.82) is 0 Å². The van der Waals surface area contributed by atoms with E-state index in [2.05, 4.69) is 22.4 Å². The van der Waals surface area contributed by atoms with E-state index in [-0.39, 0.29) is 0 Å². The number of rotatable bonds is 2. The number of furan rings is 1. The number of benzene rings is 1. The number of aliphatic imine (C=N–C) groups is 1. The Morgan fingerprint density at radius 1 is 1.20 bits per heavy atom. The second-order valence-corrected chi connectivity index (χ2v) is 6.34. The normalized spacial score (nSPS) is 14.6. The van der Waals surface area contributed by atoms with Crippen LogP contribution in [0.25, 0.3) is 21.4 Å². The van der Waals surface area contributed by atoms with Crippen LogP contribution in [-0.2, 0) is 0 Å². The number of amidine groups is 1. The number of nitrogens with one attached hydrogen (secondary N) is 1. The van der Waals surface area contributed by atoms with Crippen LogP contribution in [0, 0.1) is 0 Å². The number of nitrogens with zero attached hydrogens (tertiary/aromatic N) is 1. The molecule has 0 saturated carbocycles. The quantitative estimate of drug-likeness (QED) is 0.771. The molecule has 3 aromatic rings. The Morgan fingerprint density at radius 3 is 2.90 bits per heavy atom. The highest BCUT2D eigenvalue weighted by Gasteiger charge is 2.14. The maximum Gasteiger partial charge on any atom is 0.170 e. The van der Waals surface area contributed by atoms with Gasteiger partial charge in [0.1, 0.15) is 5.58 Å². The summed E-state index contributed by atoms with van der Waals surface area (Å²) in [6.07, 6.45) is 0. The minimum Gasteiger partial charge on any atom is -0.453 e. The fourth-order valence-electron chi connectivity index (χ4n) is 2.35. The van der Waals surface area contributed by atoms with Crippen LogP contribution >= 0.6 is 22.9 Å². The maximum absolute atomic E-state index is 5.99. The Balaban J connectivity index is 1.79. The molecule has 1 N–H and O–H groups in total. The van der Waals surface area contributed by atoms with Crippen LogP contribution in [0.3, 0.4) is 0 Å². The number of thiophene rings is 1. The van der Waals surface area contributed by atoms with Crippen LogP contribution in [0.4, 0.5) is 0 Å². The minimum atomic E-state index is 0.803. The summed E-state index contributed by atoms with van der Waals surface area (Å²) in [5.41, 5.74) is 2.03. The Hall–Kier alpha value is -1.78. The molecule has 0 aliphatic carbocycles. The Kier molecular flexibility index (Phi) is 2.79. The predicted octanol–water partition coefficient (Wildman–Crippen LogP) is 4.16. The lowest BCUT2D eigenvalue weighted by Gasteiger charge is -1.96. The molecule has 0 spiro atoms. The lowest BCUT2D eigenvalue weighted by atomic mass is 10.1. The van der Waals surface area contributed by atoms with E-state index >= 15 is 0 Å². The van der Waals surface area contributed by atoms with E-state index in [0.717, 1.165) is 50.4 Å². The summed E-state index contributed by atoms with van der Waals surface area (Å²) < 4.78 is 6.64. The van der Waals surface area contributed by atoms with Gasteiger partial charge in [-0.15, -0.1) is 11.3 Å². The van der Waals surface area contributed by atoms with Crippen LogP contribution in [0.2, 0.25) is 4.34 Å². The molecule has 0 saturated heterocycles. The summed E-state index contributed by atoms with van der Waals surface area (Å²) in [5, 5.41) is 4.31. The smallest absolute Gasteiger partial charge is 0.170 e. The van der Waals surface area contributed by atoms with Crippen LogP contribution in [0.1, 0.15) is 5.76 Å². The lowest BCUT2D eigenvalue weighted by Crippen LogP contribution is -2.18. The van der Waals surface area contributed by atoms with E-state index < -0.39 is 0 Å². The average Bonchev–Trinajstić information content (AvgIpc) is 3.17. The highest BCUT2D eigenvalue weighted by Crippen LogP contribution is 2.33. The van der Waals surface area contributed by atoms with Gasteiger partial charge in [0, 0.05) is 16.8 Å². The Bertz CT molecular complexity index is 818. The Labute approximate surface area is 124 Å². The van der Waals surface area contributed by atoms with Gasteiger partial charge >= 0.3 is 0 Å². The first kappa shape index (κ1) is 12.0. The van der Waals surface area contributed by atoms with Crippen molar-refractivity contribution < 1.29 is 4.42 Å². The first-order valence-corrected chi connectivity index (χ1v) is 7.57. The largest absolute Gasteiger partial charge is 0.453 e. The van der Waals surface area contributed by atoms with Gasteiger partial charge in [-0.05, 0) is 42.0 Å². The molecule has 2 aromatic heterocycles. The summed E-state index contributed by atoms with van der Waals surface area (Å²) in [4.78, 5) is 5.54. The van der Waals surface area contributed by atoms with Crippen molar-refractivity contribution in [3.05, 3.63) is 46.5 Å². The monoisotopic (exact) mass is 302 g/mol. The summed E-state index contributed by atoms with van der Waals surface area (Å²) in [6, 6.07) is 12.2. The second-order valence-electron chi connectivity index (χ2n) is 4.62. The number of hydrogen-bond donors (Lipinski definition) is 1. The van der Waals surface area contributed by atoms with Crippen molar-refractivity contribution in [2.45, 2.75) is 0 Å². The first-order valence-electron chi connectivity index (χ1n) is 6.37. The zero-order valence-corrected chi connectivity index (χ0v) is 12.1. The SMILES string of the molecule is Clc1ccc(-c2ccc3oc(C4=NCCN4)cc3c2)s1. The van der Waals surface area contributed by atoms with Crippen LogP contribution in [0.5, 0.6) is 0 Å². The molecule has 4 rings (SSSR count). The molecule has 1 aromatic carbocycles. The van der Waals surface area contributed by atoms with Crippen molar-refractivity contribution in [2.75, 3.05) is 13.1 Å². The zero-order chi connectivity index (χ0) is 13.5. The highest BCUT2D eigenvalue weighted by atomic mass is 35.5. The van der Waals surface area contributed by atoms with Gasteiger partial charge in [0.15, 0.2) is 11.6 Å². The molecule has 0 fully saturated rings. The summed E-state index contributed by atoms with van der Waals surface area (Å²) in [7, 11) is 0. The third kappa shape index (κ3) is 2.01. The Morgan fingerprint density at radius 2 is 2.15 bits per heavy atom. The van der Waals surface area contributed by atoms with Gasteiger partial charge in [0.25, 0.3) is 0 Å². The zero-order valence-electron chi connectivity index (χ0n) is 10.5. The van der Waals surface area contributed by atoms with Gasteiger partial charge in [-0.25, -0.2) is 0 Å². The highest BCUT2D eigenvalue weighted by molar-refractivity contribution is 7.19. The van der Waals surface area contributed by atoms with E-state index in [1.807, 2.05) is 24.3 Å². The van der Waals surface area contributed by atoms with Gasteiger partial charge in [-0.1, -0.05) is 11.6 Å². The number of fused-ring (bicyclic) bond motifs is 1. The third-order valence-corrected chi connectivity index (χ3v) is 4.56. The lowest BCUT2D eigenvalue weighted by molar-refractivity contribution is 0.602. The fraction of sp³-hybridized carbons (Fsp3) is 0.133. The predicted molar refractivity (Wildman–Crippen MR) is 83.9 cm³/mol. The number of hydrogen-bond acceptors (Lipinski definition) is 4. The van der Waals surface area contributed by atoms with Crippen LogP contribution < -0.4 is 5.32 Å². The maximum atomic E-state index is 5.99. The summed E-state index contributed by atoms with van der Waals surface area (Å²) in [6.45, 7) is 1.69. The fourth-order valence-corrected chi connectivity index (χ4v) is 3.39. The van der Waals surface area contributed by atoms with Crippen LogP contribution in [-0.4, -0.2) is 18.9 Å². The van der Waals surface area contributed by atoms with E-state index in [0.29, 0.717) is 0 Å². The van der Waals surface area contributed by atoms with Crippen molar-refractivity contribution in [3.8, 4) is 10.4 Å². The van der Waals surface area contributed by atoms with Gasteiger partial charge in [0.05, 0.1) is 10.9 Å². The van der Waals surface area contributed by atoms with Crippen molar-refractivity contribution >= 4 is 39.7 Å². The minimum absolute atomic E-state index is 0.803. The van der Waals surface area contributed by atoms with E-state index in [9.17, 15) is 0 Å². The average molecular weight is 303 g/mol. The molecule has 5 heteroatoms. The standard InChI is InChI=1S/C15H11ClN2OS/c16-14-4-3-13(20-14)9-1-2-11-10(7-9)8-12(19-11)15-17-5-6-18-15/h1-4,7-8H,5-6H2,(H,17,18). The van der Waals surface area contributed by atoms with E-state index in [1.54, 1.807) is 11.3 Å². The number of halogens is 1. The second kappa shape index (κ2) is 4.65. The molecule has 100 valence electrons. The molecule has 20 heavy (non-hydrogen) atoms. The molecule has 0 radical (unpaired) electrons. The molecular weight excluding hydrogens is 292 g/mol. The molecule has 1 aliphatic heterocycles. The molecular formula is C15H11ClN2OS. The molecule has 0 unspecified atom stereocenters. The molecule has 0 atom stereocenters.